The van der Waals surface area contributed by atoms with Gasteiger partial charge < -0.3 is 10.5 Å². The third-order valence-corrected chi connectivity index (χ3v) is 2.83. The van der Waals surface area contributed by atoms with Crippen LogP contribution < -0.4 is 10.5 Å². The predicted molar refractivity (Wildman–Crippen MR) is 72.0 cm³/mol. The summed E-state index contributed by atoms with van der Waals surface area (Å²) < 4.78 is 5.10. The molecule has 0 radical (unpaired) electrons. The molecule has 0 unspecified atom stereocenters. The van der Waals surface area contributed by atoms with Crippen molar-refractivity contribution < 1.29 is 9.53 Å². The highest BCUT2D eigenvalue weighted by molar-refractivity contribution is 8.13. The highest BCUT2D eigenvalue weighted by Gasteiger charge is 1.98. The number of hydrogen-bond acceptors (Lipinski definition) is 4. The van der Waals surface area contributed by atoms with Crippen molar-refractivity contribution >= 4 is 22.6 Å². The first-order valence-corrected chi connectivity index (χ1v) is 6.18. The van der Waals surface area contributed by atoms with Gasteiger partial charge in [0.1, 0.15) is 5.75 Å². The van der Waals surface area contributed by atoms with E-state index >= 15 is 0 Å². The number of methoxy groups -OCH3 is 1. The van der Waals surface area contributed by atoms with Crippen molar-refractivity contribution in [3.63, 3.8) is 0 Å². The maximum Gasteiger partial charge on any atom is 0.185 e. The van der Waals surface area contributed by atoms with Crippen LogP contribution in [0.3, 0.4) is 0 Å². The minimum Gasteiger partial charge on any atom is -0.497 e. The summed E-state index contributed by atoms with van der Waals surface area (Å²) in [5.74, 6) is 7.42. The first kappa shape index (κ1) is 13.5. The number of benzene rings is 1. The first-order valence-electron chi connectivity index (χ1n) is 5.19. The van der Waals surface area contributed by atoms with Crippen molar-refractivity contribution in [3.8, 4) is 17.6 Å². The summed E-state index contributed by atoms with van der Waals surface area (Å²) in [6.45, 7) is 1.55. The molecule has 0 aromatic heterocycles. The average molecular weight is 249 g/mol. The first-order chi connectivity index (χ1) is 8.13. The van der Waals surface area contributed by atoms with E-state index in [0.29, 0.717) is 17.9 Å². The smallest absolute Gasteiger partial charge is 0.185 e. The Bertz CT molecular complexity index is 460. The van der Waals surface area contributed by atoms with Gasteiger partial charge >= 0.3 is 0 Å². The molecule has 0 fully saturated rings. The third kappa shape index (κ3) is 4.83. The summed E-state index contributed by atoms with van der Waals surface area (Å²) in [5, 5.41) is 0.118. The molecule has 17 heavy (non-hydrogen) atoms. The van der Waals surface area contributed by atoms with E-state index in [0.717, 1.165) is 11.3 Å². The molecule has 0 bridgehead atoms. The van der Waals surface area contributed by atoms with Crippen LogP contribution >= 0.6 is 11.8 Å². The Morgan fingerprint density at radius 2 is 2.29 bits per heavy atom. The summed E-state index contributed by atoms with van der Waals surface area (Å²) in [5.41, 5.74) is 7.19. The van der Waals surface area contributed by atoms with Crippen molar-refractivity contribution in [3.05, 3.63) is 23.8 Å². The van der Waals surface area contributed by atoms with Gasteiger partial charge in [0.2, 0.25) is 0 Å². The van der Waals surface area contributed by atoms with Crippen LogP contribution in [0.2, 0.25) is 0 Å². The largest absolute Gasteiger partial charge is 0.497 e. The van der Waals surface area contributed by atoms with Gasteiger partial charge in [0, 0.05) is 24.8 Å². The van der Waals surface area contributed by atoms with Gasteiger partial charge in [-0.3, -0.25) is 4.79 Å². The summed E-state index contributed by atoms with van der Waals surface area (Å²) in [6.07, 6.45) is 0.668. The predicted octanol–water partition coefficient (Wildman–Crippen LogP) is 2.30. The number of carbonyl (C=O) groups is 1. The van der Waals surface area contributed by atoms with Crippen LogP contribution in [0.4, 0.5) is 5.69 Å². The molecule has 0 aliphatic carbocycles. The lowest BCUT2D eigenvalue weighted by Crippen LogP contribution is -1.92. The molecule has 0 spiro atoms. The summed E-state index contributed by atoms with van der Waals surface area (Å²) >= 11 is 1.28. The zero-order valence-electron chi connectivity index (χ0n) is 9.95. The number of ether oxygens (including phenoxy) is 1. The highest BCUT2D eigenvalue weighted by atomic mass is 32.2. The molecule has 0 amide bonds. The van der Waals surface area contributed by atoms with Gasteiger partial charge in [0.25, 0.3) is 0 Å². The molecule has 3 nitrogen and oxygen atoms in total. The number of nitrogen functional groups attached to an aromatic ring is 1. The van der Waals surface area contributed by atoms with Crippen molar-refractivity contribution in [1.29, 1.82) is 0 Å². The Hall–Kier alpha value is -1.60. The number of anilines is 1. The maximum absolute atomic E-state index is 10.7. The second-order valence-electron chi connectivity index (χ2n) is 3.35. The van der Waals surface area contributed by atoms with Crippen molar-refractivity contribution in [2.24, 2.45) is 0 Å². The van der Waals surface area contributed by atoms with Gasteiger partial charge in [-0.1, -0.05) is 23.6 Å². The molecule has 0 aliphatic rings. The standard InChI is InChI=1S/C13H15NO2S/c1-10(15)17-8-4-3-5-11-9-12(16-2)6-7-13(11)14/h6-7,9H,4,8,14H2,1-2H3. The number of carbonyl (C=O) groups excluding carboxylic acids is 1. The van der Waals surface area contributed by atoms with E-state index in [4.69, 9.17) is 10.5 Å². The van der Waals surface area contributed by atoms with E-state index in [1.807, 2.05) is 0 Å². The quantitative estimate of drug-likeness (QED) is 0.507. The fourth-order valence-corrected chi connectivity index (χ4v) is 1.67. The molecule has 0 saturated carbocycles. The lowest BCUT2D eigenvalue weighted by molar-refractivity contribution is -0.109. The van der Waals surface area contributed by atoms with Gasteiger partial charge in [-0.15, -0.1) is 0 Å². The van der Waals surface area contributed by atoms with E-state index < -0.39 is 0 Å². The molecule has 0 aliphatic heterocycles. The minimum atomic E-state index is 0.118. The van der Waals surface area contributed by atoms with E-state index in [2.05, 4.69) is 11.8 Å². The maximum atomic E-state index is 10.7. The molecule has 4 heteroatoms. The van der Waals surface area contributed by atoms with Crippen LogP contribution in [0.1, 0.15) is 18.9 Å². The molecule has 1 rings (SSSR count). The molecule has 0 atom stereocenters. The molecule has 0 heterocycles. The topological polar surface area (TPSA) is 52.3 Å². The second-order valence-corrected chi connectivity index (χ2v) is 4.62. The second kappa shape index (κ2) is 6.87. The highest BCUT2D eigenvalue weighted by Crippen LogP contribution is 2.18. The van der Waals surface area contributed by atoms with Crippen LogP contribution in [0, 0.1) is 11.8 Å². The van der Waals surface area contributed by atoms with Gasteiger partial charge in [0.15, 0.2) is 5.12 Å². The summed E-state index contributed by atoms with van der Waals surface area (Å²) in [4.78, 5) is 10.7. The Morgan fingerprint density at radius 3 is 2.94 bits per heavy atom. The van der Waals surface area contributed by atoms with Crippen LogP contribution in [0.25, 0.3) is 0 Å². The van der Waals surface area contributed by atoms with Crippen molar-refractivity contribution in [1.82, 2.24) is 0 Å². The Labute approximate surface area is 106 Å². The average Bonchev–Trinajstić information content (AvgIpc) is 2.30. The number of rotatable bonds is 3. The SMILES string of the molecule is COc1ccc(N)c(C#CCCSC(C)=O)c1. The third-order valence-electron chi connectivity index (χ3n) is 2.02. The van der Waals surface area contributed by atoms with Crippen molar-refractivity contribution in [2.75, 3.05) is 18.6 Å². The van der Waals surface area contributed by atoms with Crippen LogP contribution in [-0.2, 0) is 4.79 Å². The van der Waals surface area contributed by atoms with Gasteiger partial charge in [-0.05, 0) is 18.2 Å². The Balaban J connectivity index is 2.61. The molecule has 1 aromatic rings. The Morgan fingerprint density at radius 1 is 1.53 bits per heavy atom. The summed E-state index contributed by atoms with van der Waals surface area (Å²) in [7, 11) is 1.60. The lowest BCUT2D eigenvalue weighted by atomic mass is 10.1. The molecular formula is C13H15NO2S. The fraction of sp³-hybridized carbons (Fsp3) is 0.308. The minimum absolute atomic E-state index is 0.118. The fourth-order valence-electron chi connectivity index (χ4n) is 1.17. The van der Waals surface area contributed by atoms with Crippen LogP contribution in [0.5, 0.6) is 5.75 Å². The van der Waals surface area contributed by atoms with E-state index in [-0.39, 0.29) is 5.12 Å². The molecule has 90 valence electrons. The number of nitrogens with two attached hydrogens (primary N) is 1. The zero-order valence-corrected chi connectivity index (χ0v) is 10.8. The Kier molecular flexibility index (Phi) is 5.44. The van der Waals surface area contributed by atoms with E-state index in [9.17, 15) is 4.79 Å². The lowest BCUT2D eigenvalue weighted by Gasteiger charge is -2.02. The zero-order chi connectivity index (χ0) is 12.7. The van der Waals surface area contributed by atoms with E-state index in [1.54, 1.807) is 32.2 Å². The monoisotopic (exact) mass is 249 g/mol. The molecule has 2 N–H and O–H groups in total. The van der Waals surface area contributed by atoms with Crippen LogP contribution in [0.15, 0.2) is 18.2 Å². The van der Waals surface area contributed by atoms with Crippen LogP contribution in [-0.4, -0.2) is 18.0 Å². The normalized spacial score (nSPS) is 9.29. The van der Waals surface area contributed by atoms with Crippen molar-refractivity contribution in [2.45, 2.75) is 13.3 Å². The molecular weight excluding hydrogens is 234 g/mol. The summed E-state index contributed by atoms with van der Waals surface area (Å²) in [6, 6.07) is 5.37. The van der Waals surface area contributed by atoms with E-state index in [1.165, 1.54) is 11.8 Å². The van der Waals surface area contributed by atoms with Gasteiger partial charge in [0.05, 0.1) is 12.7 Å². The number of hydrogen-bond donors (Lipinski definition) is 1. The molecule has 1 aromatic carbocycles. The van der Waals surface area contributed by atoms with Gasteiger partial charge in [-0.25, -0.2) is 0 Å². The molecule has 0 saturated heterocycles. The van der Waals surface area contributed by atoms with Gasteiger partial charge in [-0.2, -0.15) is 0 Å². The number of thioether (sulfide) groups is 1.